The number of methoxy groups -OCH3 is 1. The van der Waals surface area contributed by atoms with E-state index in [-0.39, 0.29) is 17.2 Å². The van der Waals surface area contributed by atoms with Crippen LogP contribution in [-0.4, -0.2) is 24.7 Å². The first kappa shape index (κ1) is 20.3. The molecule has 152 valence electrons. The molecule has 3 aromatic rings. The van der Waals surface area contributed by atoms with Crippen molar-refractivity contribution in [2.75, 3.05) is 23.1 Å². The van der Waals surface area contributed by atoms with E-state index in [1.54, 1.807) is 48.0 Å². The van der Waals surface area contributed by atoms with Crippen molar-refractivity contribution in [1.82, 2.24) is 0 Å². The number of nitrogens with one attached hydrogen (secondary N) is 1. The Labute approximate surface area is 184 Å². The lowest BCUT2D eigenvalue weighted by molar-refractivity contribution is -0.115. The van der Waals surface area contributed by atoms with Crippen molar-refractivity contribution in [1.29, 1.82) is 0 Å². The Morgan fingerprint density at radius 1 is 1.10 bits per heavy atom. The Hall–Kier alpha value is -2.96. The van der Waals surface area contributed by atoms with Crippen molar-refractivity contribution in [3.63, 3.8) is 0 Å². The van der Waals surface area contributed by atoms with Crippen LogP contribution in [0.1, 0.15) is 21.3 Å². The molecular formula is C23H19ClN2O3S. The highest BCUT2D eigenvalue weighted by Crippen LogP contribution is 2.45. The van der Waals surface area contributed by atoms with Gasteiger partial charge < -0.3 is 10.1 Å². The minimum Gasteiger partial charge on any atom is -0.495 e. The van der Waals surface area contributed by atoms with Crippen LogP contribution in [0.2, 0.25) is 5.02 Å². The highest BCUT2D eigenvalue weighted by molar-refractivity contribution is 8.00. The number of anilines is 2. The summed E-state index contributed by atoms with van der Waals surface area (Å²) >= 11 is 7.44. The summed E-state index contributed by atoms with van der Waals surface area (Å²) in [7, 11) is 1.59. The van der Waals surface area contributed by atoms with Gasteiger partial charge >= 0.3 is 0 Å². The monoisotopic (exact) mass is 438 g/mol. The fourth-order valence-electron chi connectivity index (χ4n) is 3.33. The molecule has 1 atom stereocenters. The van der Waals surface area contributed by atoms with Crippen molar-refractivity contribution in [3.8, 4) is 5.75 Å². The molecular weight excluding hydrogens is 420 g/mol. The van der Waals surface area contributed by atoms with Crippen molar-refractivity contribution in [2.45, 2.75) is 5.37 Å². The molecule has 30 heavy (non-hydrogen) atoms. The number of ether oxygens (including phenoxy) is 1. The average Bonchev–Trinajstić information content (AvgIpc) is 3.15. The minimum atomic E-state index is -0.222. The molecule has 1 saturated heterocycles. The Morgan fingerprint density at radius 3 is 2.63 bits per heavy atom. The molecule has 3 aromatic carbocycles. The zero-order valence-corrected chi connectivity index (χ0v) is 17.7. The highest BCUT2D eigenvalue weighted by atomic mass is 35.5. The third-order valence-electron chi connectivity index (χ3n) is 4.75. The molecule has 0 radical (unpaired) electrons. The van der Waals surface area contributed by atoms with Crippen LogP contribution < -0.4 is 15.0 Å². The molecule has 5 nitrogen and oxygen atoms in total. The van der Waals surface area contributed by atoms with Crippen LogP contribution in [0.4, 0.5) is 11.4 Å². The van der Waals surface area contributed by atoms with Crippen LogP contribution in [0, 0.1) is 0 Å². The number of nitrogens with zero attached hydrogens (tertiary/aromatic N) is 1. The summed E-state index contributed by atoms with van der Waals surface area (Å²) in [4.78, 5) is 27.0. The van der Waals surface area contributed by atoms with Gasteiger partial charge in [0.2, 0.25) is 5.91 Å². The van der Waals surface area contributed by atoms with E-state index in [0.717, 1.165) is 11.3 Å². The van der Waals surface area contributed by atoms with E-state index >= 15 is 0 Å². The van der Waals surface area contributed by atoms with Gasteiger partial charge in [0.25, 0.3) is 5.91 Å². The summed E-state index contributed by atoms with van der Waals surface area (Å²) in [5, 5.41) is 3.28. The normalized spacial score (nSPS) is 15.9. The van der Waals surface area contributed by atoms with Gasteiger partial charge in [0.05, 0.1) is 18.6 Å². The number of hydrogen-bond acceptors (Lipinski definition) is 4. The predicted octanol–water partition coefficient (Wildman–Crippen LogP) is 5.38. The van der Waals surface area contributed by atoms with Gasteiger partial charge in [-0.3, -0.25) is 14.5 Å². The quantitative estimate of drug-likeness (QED) is 0.581. The lowest BCUT2D eigenvalue weighted by Crippen LogP contribution is -2.28. The zero-order valence-electron chi connectivity index (χ0n) is 16.2. The first-order valence-electron chi connectivity index (χ1n) is 9.30. The van der Waals surface area contributed by atoms with Gasteiger partial charge in [0.15, 0.2) is 0 Å². The first-order chi connectivity index (χ1) is 14.6. The number of hydrogen-bond donors (Lipinski definition) is 1. The second-order valence-electron chi connectivity index (χ2n) is 6.69. The van der Waals surface area contributed by atoms with E-state index in [1.165, 1.54) is 0 Å². The molecule has 0 aromatic heterocycles. The maximum Gasteiger partial charge on any atom is 0.255 e. The van der Waals surface area contributed by atoms with Crippen molar-refractivity contribution >= 4 is 46.6 Å². The lowest BCUT2D eigenvalue weighted by Gasteiger charge is -2.26. The smallest absolute Gasteiger partial charge is 0.255 e. The molecule has 2 amide bonds. The van der Waals surface area contributed by atoms with Crippen molar-refractivity contribution < 1.29 is 14.3 Å². The number of thioether (sulfide) groups is 1. The molecule has 7 heteroatoms. The molecule has 0 aliphatic carbocycles. The second-order valence-corrected chi connectivity index (χ2v) is 8.19. The SMILES string of the molecule is COc1ccccc1N1C(=O)CS[C@H]1c1cccc(NC(=O)c2ccc(Cl)cc2)c1. The number of halogens is 1. The molecule has 1 N–H and O–H groups in total. The fourth-order valence-corrected chi connectivity index (χ4v) is 4.62. The topological polar surface area (TPSA) is 58.6 Å². The third-order valence-corrected chi connectivity index (χ3v) is 6.21. The summed E-state index contributed by atoms with van der Waals surface area (Å²) in [6, 6.07) is 21.7. The summed E-state index contributed by atoms with van der Waals surface area (Å²) in [6.45, 7) is 0. The predicted molar refractivity (Wildman–Crippen MR) is 122 cm³/mol. The number of carbonyl (C=O) groups excluding carboxylic acids is 2. The van der Waals surface area contributed by atoms with Crippen molar-refractivity contribution in [2.24, 2.45) is 0 Å². The standard InChI is InChI=1S/C23H19ClN2O3S/c1-29-20-8-3-2-7-19(20)26-21(27)14-30-23(26)16-5-4-6-18(13-16)25-22(28)15-9-11-17(24)12-10-15/h2-13,23H,14H2,1H3,(H,25,28)/t23-/m0/s1. The molecule has 4 rings (SSSR count). The Kier molecular flexibility index (Phi) is 5.97. The summed E-state index contributed by atoms with van der Waals surface area (Å²) in [5.74, 6) is 0.820. The number of para-hydroxylation sites is 2. The van der Waals surface area contributed by atoms with Crippen molar-refractivity contribution in [3.05, 3.63) is 88.9 Å². The van der Waals surface area contributed by atoms with Gasteiger partial charge in [-0.15, -0.1) is 11.8 Å². The second kappa shape index (κ2) is 8.81. The average molecular weight is 439 g/mol. The zero-order chi connectivity index (χ0) is 21.1. The summed E-state index contributed by atoms with van der Waals surface area (Å²) in [6.07, 6.45) is 0. The Bertz CT molecular complexity index is 1090. The van der Waals surface area contributed by atoms with Crippen LogP contribution in [0.15, 0.2) is 72.8 Å². The molecule has 1 fully saturated rings. The van der Waals surface area contributed by atoms with Crippen LogP contribution >= 0.6 is 23.4 Å². The van der Waals surface area contributed by atoms with Crippen LogP contribution in [0.3, 0.4) is 0 Å². The van der Waals surface area contributed by atoms with Gasteiger partial charge in [-0.1, -0.05) is 35.9 Å². The maximum atomic E-state index is 12.7. The fraction of sp³-hybridized carbons (Fsp3) is 0.130. The number of benzene rings is 3. The molecule has 1 heterocycles. The van der Waals surface area contributed by atoms with Gasteiger partial charge in [-0.2, -0.15) is 0 Å². The van der Waals surface area contributed by atoms with Gasteiger partial charge in [0, 0.05) is 16.3 Å². The summed E-state index contributed by atoms with van der Waals surface area (Å²) < 4.78 is 5.45. The minimum absolute atomic E-state index is 0.0186. The number of rotatable bonds is 5. The van der Waals surface area contributed by atoms with E-state index in [4.69, 9.17) is 16.3 Å². The van der Waals surface area contributed by atoms with Crippen LogP contribution in [0.5, 0.6) is 5.75 Å². The van der Waals surface area contributed by atoms with E-state index in [0.29, 0.717) is 27.8 Å². The summed E-state index contributed by atoms with van der Waals surface area (Å²) in [5.41, 5.74) is 2.83. The maximum absolute atomic E-state index is 12.7. The van der Waals surface area contributed by atoms with Gasteiger partial charge in [-0.25, -0.2) is 0 Å². The molecule has 1 aliphatic rings. The van der Waals surface area contributed by atoms with Gasteiger partial charge in [0.1, 0.15) is 11.1 Å². The van der Waals surface area contributed by atoms with Gasteiger partial charge in [-0.05, 0) is 54.1 Å². The number of amides is 2. The van der Waals surface area contributed by atoms with E-state index < -0.39 is 0 Å². The highest BCUT2D eigenvalue weighted by Gasteiger charge is 2.35. The molecule has 0 spiro atoms. The molecule has 0 saturated carbocycles. The largest absolute Gasteiger partial charge is 0.495 e. The van der Waals surface area contributed by atoms with E-state index in [1.807, 2.05) is 48.5 Å². The molecule has 0 bridgehead atoms. The Morgan fingerprint density at radius 2 is 1.87 bits per heavy atom. The molecule has 1 aliphatic heterocycles. The first-order valence-corrected chi connectivity index (χ1v) is 10.7. The Balaban J connectivity index is 1.60. The molecule has 0 unspecified atom stereocenters. The number of carbonyl (C=O) groups is 2. The van der Waals surface area contributed by atoms with E-state index in [2.05, 4.69) is 5.32 Å². The van der Waals surface area contributed by atoms with Crippen LogP contribution in [0.25, 0.3) is 0 Å². The van der Waals surface area contributed by atoms with Crippen LogP contribution in [-0.2, 0) is 4.79 Å². The van der Waals surface area contributed by atoms with E-state index in [9.17, 15) is 9.59 Å². The lowest BCUT2D eigenvalue weighted by atomic mass is 10.1. The third kappa shape index (κ3) is 4.15.